The summed E-state index contributed by atoms with van der Waals surface area (Å²) in [5.41, 5.74) is 2.92. The fourth-order valence-corrected chi connectivity index (χ4v) is 3.79. The number of carbonyl (C=O) groups is 3. The Morgan fingerprint density at radius 1 is 1.24 bits per heavy atom. The van der Waals surface area contributed by atoms with Gasteiger partial charge in [0.1, 0.15) is 24.2 Å². The molecule has 1 fully saturated rings. The van der Waals surface area contributed by atoms with Crippen LogP contribution in [-0.4, -0.2) is 61.3 Å². The number of rotatable bonds is 11. The van der Waals surface area contributed by atoms with Gasteiger partial charge in [-0.05, 0) is 62.8 Å². The molecule has 1 heterocycles. The Labute approximate surface area is 199 Å². The van der Waals surface area contributed by atoms with Gasteiger partial charge in [-0.1, -0.05) is 12.1 Å². The molecule has 0 radical (unpaired) electrons. The molecule has 3 rings (SSSR count). The van der Waals surface area contributed by atoms with E-state index < -0.39 is 11.9 Å². The van der Waals surface area contributed by atoms with Gasteiger partial charge in [0.2, 0.25) is 18.2 Å². The second kappa shape index (κ2) is 11.6. The van der Waals surface area contributed by atoms with Gasteiger partial charge < -0.3 is 19.9 Å². The number of piperidine rings is 1. The highest BCUT2D eigenvalue weighted by molar-refractivity contribution is 6.00. The number of carbonyl (C=O) groups excluding carboxylic acids is 3. The van der Waals surface area contributed by atoms with Gasteiger partial charge in [0.25, 0.3) is 0 Å². The maximum absolute atomic E-state index is 14.5. The fourth-order valence-electron chi connectivity index (χ4n) is 3.79. The number of likely N-dealkylation sites (N-methyl/N-ethyl adjacent to an activating group) is 1. The Balaban J connectivity index is 1.73. The summed E-state index contributed by atoms with van der Waals surface area (Å²) in [4.78, 5) is 38.9. The molecule has 2 aromatic carbocycles. The molecule has 182 valence electrons. The third-order valence-corrected chi connectivity index (χ3v) is 5.79. The third kappa shape index (κ3) is 6.54. The van der Waals surface area contributed by atoms with Crippen molar-refractivity contribution in [3.05, 3.63) is 58.9 Å². The quantitative estimate of drug-likeness (QED) is 0.387. The molecule has 34 heavy (non-hydrogen) atoms. The molecule has 1 aliphatic heterocycles. The first-order chi connectivity index (χ1) is 16.3. The van der Waals surface area contributed by atoms with Crippen molar-refractivity contribution >= 4 is 23.9 Å². The molecular weight excluding hydrogens is 439 g/mol. The fraction of sp³-hybridized carbons (Fsp3) is 0.400. The van der Waals surface area contributed by atoms with Crippen molar-refractivity contribution in [1.29, 1.82) is 0 Å². The van der Waals surface area contributed by atoms with Crippen molar-refractivity contribution in [1.82, 2.24) is 15.1 Å². The first-order valence-electron chi connectivity index (χ1n) is 11.2. The number of imide groups is 1. The molecule has 2 aromatic rings. The smallest absolute Gasteiger partial charge is 0.249 e. The highest BCUT2D eigenvalue weighted by Gasteiger charge is 2.31. The van der Waals surface area contributed by atoms with E-state index >= 15 is 0 Å². The lowest BCUT2D eigenvalue weighted by Gasteiger charge is -2.31. The highest BCUT2D eigenvalue weighted by atomic mass is 19.1. The van der Waals surface area contributed by atoms with Crippen LogP contribution in [0.4, 0.5) is 10.1 Å². The van der Waals surface area contributed by atoms with Gasteiger partial charge in [-0.2, -0.15) is 0 Å². The Morgan fingerprint density at radius 3 is 2.74 bits per heavy atom. The van der Waals surface area contributed by atoms with Crippen LogP contribution in [0.5, 0.6) is 5.75 Å². The van der Waals surface area contributed by atoms with Gasteiger partial charge in [0, 0.05) is 37.3 Å². The first kappa shape index (κ1) is 25.2. The maximum Gasteiger partial charge on any atom is 0.249 e. The van der Waals surface area contributed by atoms with Crippen molar-refractivity contribution in [2.45, 2.75) is 38.9 Å². The number of hydrogen-bond donors (Lipinski definition) is 2. The molecule has 1 unspecified atom stereocenters. The van der Waals surface area contributed by atoms with Crippen LogP contribution in [0.15, 0.2) is 36.4 Å². The summed E-state index contributed by atoms with van der Waals surface area (Å²) in [5.74, 6) is -0.561. The van der Waals surface area contributed by atoms with E-state index in [1.807, 2.05) is 44.1 Å². The van der Waals surface area contributed by atoms with Crippen LogP contribution in [0, 0.1) is 12.7 Å². The average molecular weight is 471 g/mol. The number of aryl methyl sites for hydroxylation is 1. The van der Waals surface area contributed by atoms with Gasteiger partial charge in [0.05, 0.1) is 0 Å². The predicted molar refractivity (Wildman–Crippen MR) is 127 cm³/mol. The van der Waals surface area contributed by atoms with Crippen LogP contribution >= 0.6 is 0 Å². The standard InChI is InChI=1S/C25H31FN4O4/c1-17-5-4-6-22(20(17)15-30(16-31)23-9-10-24(32)28-25(23)33)27-14-18-13-19(7-8-21(18)26)34-12-11-29(2)3/h4-8,13,16,23,27H,9-12,14-15H2,1-3H3,(H,28,32,33). The van der Waals surface area contributed by atoms with Crippen molar-refractivity contribution in [3.8, 4) is 5.75 Å². The zero-order valence-electron chi connectivity index (χ0n) is 19.8. The summed E-state index contributed by atoms with van der Waals surface area (Å²) in [6.07, 6.45) is 1.10. The lowest BCUT2D eigenvalue weighted by Crippen LogP contribution is -2.51. The lowest BCUT2D eigenvalue weighted by molar-refractivity contribution is -0.141. The second-order valence-corrected chi connectivity index (χ2v) is 8.60. The van der Waals surface area contributed by atoms with Crippen LogP contribution in [0.1, 0.15) is 29.5 Å². The summed E-state index contributed by atoms with van der Waals surface area (Å²) in [7, 11) is 3.91. The summed E-state index contributed by atoms with van der Waals surface area (Å²) in [6.45, 7) is 3.55. The monoisotopic (exact) mass is 470 g/mol. The molecule has 2 N–H and O–H groups in total. The minimum absolute atomic E-state index is 0.182. The number of halogens is 1. The Morgan fingerprint density at radius 2 is 2.03 bits per heavy atom. The molecular formula is C25H31FN4O4. The number of ether oxygens (including phenoxy) is 1. The van der Waals surface area contributed by atoms with E-state index in [2.05, 4.69) is 10.6 Å². The van der Waals surface area contributed by atoms with Crippen LogP contribution in [0.3, 0.4) is 0 Å². The maximum atomic E-state index is 14.5. The van der Waals surface area contributed by atoms with Crippen molar-refractivity contribution in [2.24, 2.45) is 0 Å². The van der Waals surface area contributed by atoms with E-state index in [0.29, 0.717) is 24.3 Å². The second-order valence-electron chi connectivity index (χ2n) is 8.60. The van der Waals surface area contributed by atoms with Gasteiger partial charge in [-0.15, -0.1) is 0 Å². The highest BCUT2D eigenvalue weighted by Crippen LogP contribution is 2.25. The molecule has 0 aromatic heterocycles. The van der Waals surface area contributed by atoms with Crippen LogP contribution in [0.25, 0.3) is 0 Å². The molecule has 1 saturated heterocycles. The van der Waals surface area contributed by atoms with Crippen molar-refractivity contribution < 1.29 is 23.5 Å². The minimum atomic E-state index is -0.712. The summed E-state index contributed by atoms with van der Waals surface area (Å²) < 4.78 is 20.2. The van der Waals surface area contributed by atoms with Crippen LogP contribution in [-0.2, 0) is 27.5 Å². The number of nitrogens with zero attached hydrogens (tertiary/aromatic N) is 2. The van der Waals surface area contributed by atoms with E-state index in [9.17, 15) is 18.8 Å². The molecule has 8 nitrogen and oxygen atoms in total. The normalized spacial score (nSPS) is 15.7. The summed E-state index contributed by atoms with van der Waals surface area (Å²) >= 11 is 0. The number of nitrogens with one attached hydrogen (secondary N) is 2. The lowest BCUT2D eigenvalue weighted by atomic mass is 10.0. The van der Waals surface area contributed by atoms with Crippen molar-refractivity contribution in [2.75, 3.05) is 32.6 Å². The molecule has 1 atom stereocenters. The van der Waals surface area contributed by atoms with E-state index in [1.54, 1.807) is 12.1 Å². The molecule has 0 spiro atoms. The van der Waals surface area contributed by atoms with E-state index in [1.165, 1.54) is 11.0 Å². The van der Waals surface area contributed by atoms with Gasteiger partial charge >= 0.3 is 0 Å². The Bertz CT molecular complexity index is 1040. The Hall–Kier alpha value is -3.46. The van der Waals surface area contributed by atoms with E-state index in [0.717, 1.165) is 23.4 Å². The van der Waals surface area contributed by atoms with Gasteiger partial charge in [-0.25, -0.2) is 4.39 Å². The number of amides is 3. The molecule has 0 saturated carbocycles. The zero-order chi connectivity index (χ0) is 24.7. The first-order valence-corrected chi connectivity index (χ1v) is 11.2. The molecule has 0 bridgehead atoms. The SMILES string of the molecule is Cc1cccc(NCc2cc(OCCN(C)C)ccc2F)c1CN(C=O)C1CCC(=O)NC1=O. The van der Waals surface area contributed by atoms with Gasteiger partial charge in [-0.3, -0.25) is 19.7 Å². The average Bonchev–Trinajstić information content (AvgIpc) is 2.79. The van der Waals surface area contributed by atoms with E-state index in [4.69, 9.17) is 4.74 Å². The number of hydrogen-bond acceptors (Lipinski definition) is 6. The number of anilines is 1. The topological polar surface area (TPSA) is 91.0 Å². The minimum Gasteiger partial charge on any atom is -0.492 e. The van der Waals surface area contributed by atoms with E-state index in [-0.39, 0.29) is 37.7 Å². The number of benzene rings is 2. The Kier molecular flexibility index (Phi) is 8.59. The summed E-state index contributed by atoms with van der Waals surface area (Å²) in [6, 6.07) is 9.59. The molecule has 3 amide bonds. The third-order valence-electron chi connectivity index (χ3n) is 5.79. The van der Waals surface area contributed by atoms with Gasteiger partial charge in [0.15, 0.2) is 0 Å². The largest absolute Gasteiger partial charge is 0.492 e. The predicted octanol–water partition coefficient (Wildman–Crippen LogP) is 2.45. The van der Waals surface area contributed by atoms with Crippen LogP contribution < -0.4 is 15.4 Å². The summed E-state index contributed by atoms with van der Waals surface area (Å²) in [5, 5.41) is 5.55. The molecule has 1 aliphatic rings. The van der Waals surface area contributed by atoms with Crippen LogP contribution in [0.2, 0.25) is 0 Å². The molecule has 9 heteroatoms. The zero-order valence-corrected chi connectivity index (χ0v) is 19.8. The van der Waals surface area contributed by atoms with Crippen molar-refractivity contribution in [3.63, 3.8) is 0 Å². The molecule has 0 aliphatic carbocycles.